The van der Waals surface area contributed by atoms with Gasteiger partial charge in [0.15, 0.2) is 6.10 Å². The highest BCUT2D eigenvalue weighted by molar-refractivity contribution is 5.97. The highest BCUT2D eigenvalue weighted by Gasteiger charge is 2.20. The van der Waals surface area contributed by atoms with Crippen molar-refractivity contribution < 1.29 is 19.4 Å². The third-order valence-corrected chi connectivity index (χ3v) is 2.78. The van der Waals surface area contributed by atoms with E-state index in [1.54, 1.807) is 24.3 Å². The second-order valence-electron chi connectivity index (χ2n) is 4.53. The van der Waals surface area contributed by atoms with Crippen molar-refractivity contribution in [3.8, 4) is 0 Å². The van der Waals surface area contributed by atoms with Gasteiger partial charge < -0.3 is 20.5 Å². The first-order valence-corrected chi connectivity index (χ1v) is 7.02. The molecule has 0 heterocycles. The van der Waals surface area contributed by atoms with Crippen LogP contribution in [0.25, 0.3) is 0 Å². The summed E-state index contributed by atoms with van der Waals surface area (Å²) >= 11 is 0. The molecular weight excluding hydrogens is 272 g/mol. The van der Waals surface area contributed by atoms with Crippen LogP contribution in [0.3, 0.4) is 0 Å². The molecule has 1 rings (SSSR count). The molecule has 6 heteroatoms. The first kappa shape index (κ1) is 17.0. The minimum atomic E-state index is -0.852. The molecule has 0 radical (unpaired) electrons. The van der Waals surface area contributed by atoms with Crippen LogP contribution in [-0.4, -0.2) is 42.8 Å². The fourth-order valence-electron chi connectivity index (χ4n) is 1.68. The Balaban J connectivity index is 2.68. The number of carbonyl (C=O) groups excluding carboxylic acids is 2. The smallest absolute Gasteiger partial charge is 0.341 e. The maximum Gasteiger partial charge on any atom is 0.341 e. The number of aliphatic hydroxyl groups excluding tert-OH is 1. The number of para-hydroxylation sites is 1. The standard InChI is InChI=1S/C15H22N2O4/c1-3-8-17-14(19)11(2)21-15(20)12-6-4-5-7-13(12)16-9-10-18/h4-7,11,16,18H,3,8-10H2,1-2H3,(H,17,19)/t11-/m1/s1. The lowest BCUT2D eigenvalue weighted by molar-refractivity contribution is -0.129. The van der Waals surface area contributed by atoms with Crippen LogP contribution in [-0.2, 0) is 9.53 Å². The fourth-order valence-corrected chi connectivity index (χ4v) is 1.68. The average Bonchev–Trinajstić information content (AvgIpc) is 2.50. The Morgan fingerprint density at radius 1 is 1.29 bits per heavy atom. The number of ether oxygens (including phenoxy) is 1. The lowest BCUT2D eigenvalue weighted by Gasteiger charge is -2.15. The second-order valence-corrected chi connectivity index (χ2v) is 4.53. The van der Waals surface area contributed by atoms with Gasteiger partial charge in [0.05, 0.1) is 12.2 Å². The van der Waals surface area contributed by atoms with E-state index in [9.17, 15) is 9.59 Å². The molecule has 0 aliphatic carbocycles. The van der Waals surface area contributed by atoms with E-state index in [1.807, 2.05) is 6.92 Å². The van der Waals surface area contributed by atoms with Gasteiger partial charge in [0.1, 0.15) is 0 Å². The summed E-state index contributed by atoms with van der Waals surface area (Å²) in [5, 5.41) is 14.4. The van der Waals surface area contributed by atoms with Gasteiger partial charge in [0.25, 0.3) is 5.91 Å². The number of esters is 1. The van der Waals surface area contributed by atoms with Gasteiger partial charge in [-0.25, -0.2) is 4.79 Å². The molecular formula is C15H22N2O4. The van der Waals surface area contributed by atoms with Crippen LogP contribution < -0.4 is 10.6 Å². The van der Waals surface area contributed by atoms with Gasteiger partial charge in [-0.1, -0.05) is 19.1 Å². The molecule has 21 heavy (non-hydrogen) atoms. The van der Waals surface area contributed by atoms with Crippen molar-refractivity contribution in [3.63, 3.8) is 0 Å². The van der Waals surface area contributed by atoms with Gasteiger partial charge in [0.2, 0.25) is 0 Å². The molecule has 6 nitrogen and oxygen atoms in total. The Hall–Kier alpha value is -2.08. The summed E-state index contributed by atoms with van der Waals surface area (Å²) in [4.78, 5) is 23.8. The monoisotopic (exact) mass is 294 g/mol. The zero-order valence-corrected chi connectivity index (χ0v) is 12.4. The van der Waals surface area contributed by atoms with E-state index in [0.717, 1.165) is 6.42 Å². The summed E-state index contributed by atoms with van der Waals surface area (Å²) in [5.74, 6) is -0.888. The molecule has 0 bridgehead atoms. The summed E-state index contributed by atoms with van der Waals surface area (Å²) < 4.78 is 5.16. The van der Waals surface area contributed by atoms with E-state index in [4.69, 9.17) is 9.84 Å². The molecule has 1 aromatic carbocycles. The van der Waals surface area contributed by atoms with Gasteiger partial charge >= 0.3 is 5.97 Å². The van der Waals surface area contributed by atoms with Crippen molar-refractivity contribution in [1.29, 1.82) is 0 Å². The number of nitrogens with one attached hydrogen (secondary N) is 2. The average molecular weight is 294 g/mol. The quantitative estimate of drug-likeness (QED) is 0.626. The van der Waals surface area contributed by atoms with Crippen LogP contribution in [0.1, 0.15) is 30.6 Å². The molecule has 1 atom stereocenters. The first-order chi connectivity index (χ1) is 10.1. The molecule has 3 N–H and O–H groups in total. The normalized spacial score (nSPS) is 11.6. The Bertz CT molecular complexity index is 476. The van der Waals surface area contributed by atoms with Crippen molar-refractivity contribution in [2.24, 2.45) is 0 Å². The Morgan fingerprint density at radius 3 is 2.67 bits per heavy atom. The molecule has 116 valence electrons. The zero-order chi connectivity index (χ0) is 15.7. The van der Waals surface area contributed by atoms with Crippen LogP contribution in [0.15, 0.2) is 24.3 Å². The molecule has 1 aromatic rings. The number of aliphatic hydroxyl groups is 1. The highest BCUT2D eigenvalue weighted by atomic mass is 16.5. The molecule has 0 saturated carbocycles. The zero-order valence-electron chi connectivity index (χ0n) is 12.4. The number of hydrogen-bond donors (Lipinski definition) is 3. The van der Waals surface area contributed by atoms with E-state index in [-0.39, 0.29) is 12.5 Å². The van der Waals surface area contributed by atoms with E-state index >= 15 is 0 Å². The predicted molar refractivity (Wildman–Crippen MR) is 80.2 cm³/mol. The summed E-state index contributed by atoms with van der Waals surface area (Å²) in [5.41, 5.74) is 0.902. The van der Waals surface area contributed by atoms with Crippen LogP contribution in [0.2, 0.25) is 0 Å². The van der Waals surface area contributed by atoms with Crippen molar-refractivity contribution in [3.05, 3.63) is 29.8 Å². The van der Waals surface area contributed by atoms with Gasteiger partial charge in [-0.3, -0.25) is 4.79 Å². The summed E-state index contributed by atoms with van der Waals surface area (Å²) in [6.07, 6.45) is -0.0321. The molecule has 0 unspecified atom stereocenters. The maximum atomic E-state index is 12.1. The van der Waals surface area contributed by atoms with Crippen LogP contribution in [0, 0.1) is 0 Å². The third-order valence-electron chi connectivity index (χ3n) is 2.78. The van der Waals surface area contributed by atoms with E-state index in [2.05, 4.69) is 10.6 Å². The number of carbonyl (C=O) groups is 2. The second kappa shape index (κ2) is 8.97. The largest absolute Gasteiger partial charge is 0.449 e. The third kappa shape index (κ3) is 5.43. The molecule has 0 aromatic heterocycles. The maximum absolute atomic E-state index is 12.1. The van der Waals surface area contributed by atoms with Gasteiger partial charge in [0, 0.05) is 18.8 Å². The van der Waals surface area contributed by atoms with Crippen molar-refractivity contribution in [2.45, 2.75) is 26.4 Å². The first-order valence-electron chi connectivity index (χ1n) is 7.02. The number of amides is 1. The fraction of sp³-hybridized carbons (Fsp3) is 0.467. The van der Waals surface area contributed by atoms with E-state index in [0.29, 0.717) is 24.3 Å². The number of benzene rings is 1. The Kier molecular flexibility index (Phi) is 7.25. The Morgan fingerprint density at radius 2 is 2.00 bits per heavy atom. The summed E-state index contributed by atoms with van der Waals surface area (Å²) in [6.45, 7) is 4.32. The molecule has 0 aliphatic rings. The van der Waals surface area contributed by atoms with Gasteiger partial charge in [-0.05, 0) is 25.5 Å². The number of hydrogen-bond acceptors (Lipinski definition) is 5. The molecule has 0 aliphatic heterocycles. The van der Waals surface area contributed by atoms with Gasteiger partial charge in [-0.2, -0.15) is 0 Å². The van der Waals surface area contributed by atoms with E-state index in [1.165, 1.54) is 6.92 Å². The topological polar surface area (TPSA) is 87.7 Å². The number of anilines is 1. The molecule has 0 fully saturated rings. The summed E-state index contributed by atoms with van der Waals surface area (Å²) in [7, 11) is 0. The van der Waals surface area contributed by atoms with E-state index < -0.39 is 12.1 Å². The molecule has 0 spiro atoms. The minimum absolute atomic E-state index is 0.0425. The highest BCUT2D eigenvalue weighted by Crippen LogP contribution is 2.16. The van der Waals surface area contributed by atoms with Crippen molar-refractivity contribution in [1.82, 2.24) is 5.32 Å². The lowest BCUT2D eigenvalue weighted by atomic mass is 10.1. The van der Waals surface area contributed by atoms with Crippen LogP contribution in [0.4, 0.5) is 5.69 Å². The lowest BCUT2D eigenvalue weighted by Crippen LogP contribution is -2.36. The van der Waals surface area contributed by atoms with Crippen LogP contribution >= 0.6 is 0 Å². The van der Waals surface area contributed by atoms with Crippen LogP contribution in [0.5, 0.6) is 0 Å². The predicted octanol–water partition coefficient (Wildman–Crippen LogP) is 1.16. The molecule has 1 amide bonds. The molecule has 0 saturated heterocycles. The Labute approximate surface area is 124 Å². The number of rotatable bonds is 8. The van der Waals surface area contributed by atoms with Crippen molar-refractivity contribution in [2.75, 3.05) is 25.0 Å². The van der Waals surface area contributed by atoms with Gasteiger partial charge in [-0.15, -0.1) is 0 Å². The SMILES string of the molecule is CCCNC(=O)[C@@H](C)OC(=O)c1ccccc1NCCO. The van der Waals surface area contributed by atoms with Crippen molar-refractivity contribution >= 4 is 17.6 Å². The minimum Gasteiger partial charge on any atom is -0.449 e. The summed E-state index contributed by atoms with van der Waals surface area (Å²) in [6, 6.07) is 6.81.